The largest absolute Gasteiger partial charge is 0.507 e. The van der Waals surface area contributed by atoms with E-state index in [1.165, 1.54) is 38.5 Å². The van der Waals surface area contributed by atoms with Crippen LogP contribution in [0.25, 0.3) is 0 Å². The van der Waals surface area contributed by atoms with E-state index >= 15 is 0 Å². The monoisotopic (exact) mass is 610 g/mol. The lowest BCUT2D eigenvalue weighted by Gasteiger charge is -2.26. The lowest BCUT2D eigenvalue weighted by atomic mass is 10.1. The normalized spacial score (nSPS) is 16.0. The van der Waals surface area contributed by atoms with Crippen molar-refractivity contribution < 1.29 is 28.5 Å². The van der Waals surface area contributed by atoms with Crippen molar-refractivity contribution in [3.8, 4) is 23.0 Å². The van der Waals surface area contributed by atoms with Gasteiger partial charge in [0.1, 0.15) is 36.2 Å². The van der Waals surface area contributed by atoms with Crippen LogP contribution in [-0.2, 0) is 13.1 Å². The number of nitrogens with one attached hydrogen (secondary N) is 2. The summed E-state index contributed by atoms with van der Waals surface area (Å²) in [6, 6.07) is 12.4. The first-order valence-corrected chi connectivity index (χ1v) is 15.8. The number of phenols is 2. The summed E-state index contributed by atoms with van der Waals surface area (Å²) in [5.74, 6) is -0.725. The maximum Gasteiger partial charge on any atom is 0.161 e. The van der Waals surface area contributed by atoms with Crippen LogP contribution >= 0.6 is 0 Å². The Balaban J connectivity index is 1.13. The number of halogens is 2. The van der Waals surface area contributed by atoms with Crippen LogP contribution in [0.3, 0.4) is 0 Å². The Labute approximate surface area is 258 Å². The molecule has 4 N–H and O–H groups in total. The second-order valence-corrected chi connectivity index (χ2v) is 11.6. The molecule has 0 atom stereocenters. The SMILES string of the molecule is Oc1cc(OCCN2CCCCC2)ccc1CNc1cc(F)c(F)cc1NCc1ccc(OCCN2CCCCC2)cc1O. The fourth-order valence-corrected chi connectivity index (χ4v) is 5.74. The first kappa shape index (κ1) is 31.7. The van der Waals surface area contributed by atoms with E-state index in [1.54, 1.807) is 36.4 Å². The molecule has 0 radical (unpaired) electrons. The maximum absolute atomic E-state index is 14.2. The number of piperidine rings is 2. The number of phenolic OH excluding ortho intramolecular Hbond substituents is 2. The second kappa shape index (κ2) is 15.8. The van der Waals surface area contributed by atoms with E-state index in [2.05, 4.69) is 20.4 Å². The van der Waals surface area contributed by atoms with Crippen molar-refractivity contribution in [2.75, 3.05) is 63.1 Å². The number of anilines is 2. The number of nitrogens with zero attached hydrogens (tertiary/aromatic N) is 2. The third kappa shape index (κ3) is 9.12. The Bertz CT molecular complexity index is 1260. The van der Waals surface area contributed by atoms with Gasteiger partial charge in [-0.15, -0.1) is 0 Å². The average Bonchev–Trinajstić information content (AvgIpc) is 3.03. The average molecular weight is 611 g/mol. The van der Waals surface area contributed by atoms with Gasteiger partial charge in [-0.2, -0.15) is 0 Å². The van der Waals surface area contributed by atoms with Crippen LogP contribution in [0.2, 0.25) is 0 Å². The Morgan fingerprint density at radius 2 is 1.00 bits per heavy atom. The topological polar surface area (TPSA) is 89.5 Å². The highest BCUT2D eigenvalue weighted by Gasteiger charge is 2.14. The molecule has 0 saturated carbocycles. The molecule has 0 aromatic heterocycles. The summed E-state index contributed by atoms with van der Waals surface area (Å²) in [5.41, 5.74) is 1.81. The zero-order valence-corrected chi connectivity index (χ0v) is 25.3. The molecule has 3 aromatic carbocycles. The predicted octanol–water partition coefficient (Wildman–Crippen LogP) is 6.33. The molecule has 2 saturated heterocycles. The van der Waals surface area contributed by atoms with Gasteiger partial charge in [0.2, 0.25) is 0 Å². The molecule has 0 spiro atoms. The lowest BCUT2D eigenvalue weighted by Crippen LogP contribution is -2.33. The zero-order valence-electron chi connectivity index (χ0n) is 25.3. The Hall–Kier alpha value is -3.76. The minimum Gasteiger partial charge on any atom is -0.507 e. The number of rotatable bonds is 14. The van der Waals surface area contributed by atoms with Gasteiger partial charge in [0, 0.05) is 61.6 Å². The summed E-state index contributed by atoms with van der Waals surface area (Å²) < 4.78 is 40.1. The molecule has 5 rings (SSSR count). The molecular formula is C34H44F2N4O4. The minimum absolute atomic E-state index is 0.0493. The highest BCUT2D eigenvalue weighted by molar-refractivity contribution is 5.69. The van der Waals surface area contributed by atoms with Crippen LogP contribution in [0.5, 0.6) is 23.0 Å². The Kier molecular flexibility index (Phi) is 11.4. The molecule has 2 heterocycles. The third-order valence-corrected chi connectivity index (χ3v) is 8.36. The molecule has 10 heteroatoms. The highest BCUT2D eigenvalue weighted by Crippen LogP contribution is 2.30. The highest BCUT2D eigenvalue weighted by atomic mass is 19.2. The molecule has 0 bridgehead atoms. The second-order valence-electron chi connectivity index (χ2n) is 11.6. The van der Waals surface area contributed by atoms with Crippen molar-refractivity contribution in [3.05, 3.63) is 71.3 Å². The number of hydrogen-bond acceptors (Lipinski definition) is 8. The van der Waals surface area contributed by atoms with Gasteiger partial charge in [0.25, 0.3) is 0 Å². The summed E-state index contributed by atoms with van der Waals surface area (Å²) in [5, 5.41) is 27.4. The van der Waals surface area contributed by atoms with E-state index in [-0.39, 0.29) is 24.6 Å². The van der Waals surface area contributed by atoms with Gasteiger partial charge < -0.3 is 30.3 Å². The first-order chi connectivity index (χ1) is 21.4. The minimum atomic E-state index is -0.992. The van der Waals surface area contributed by atoms with Crippen molar-refractivity contribution in [1.82, 2.24) is 9.80 Å². The van der Waals surface area contributed by atoms with Crippen molar-refractivity contribution in [2.24, 2.45) is 0 Å². The summed E-state index contributed by atoms with van der Waals surface area (Å²) >= 11 is 0. The van der Waals surface area contributed by atoms with Gasteiger partial charge in [0.05, 0.1) is 11.4 Å². The Morgan fingerprint density at radius 3 is 1.39 bits per heavy atom. The first-order valence-electron chi connectivity index (χ1n) is 15.8. The lowest BCUT2D eigenvalue weighted by molar-refractivity contribution is 0.183. The molecular weight excluding hydrogens is 566 g/mol. The summed E-state index contributed by atoms with van der Waals surface area (Å²) in [7, 11) is 0. The number of likely N-dealkylation sites (tertiary alicyclic amines) is 2. The van der Waals surface area contributed by atoms with Crippen LogP contribution < -0.4 is 20.1 Å². The molecule has 8 nitrogen and oxygen atoms in total. The Morgan fingerprint density at radius 1 is 0.591 bits per heavy atom. The molecule has 0 unspecified atom stereocenters. The molecule has 0 aliphatic carbocycles. The maximum atomic E-state index is 14.2. The summed E-state index contributed by atoms with van der Waals surface area (Å²) in [6.45, 7) is 7.54. The number of ether oxygens (including phenoxy) is 2. The van der Waals surface area contributed by atoms with Crippen LogP contribution in [0.15, 0.2) is 48.5 Å². The number of benzene rings is 3. The van der Waals surface area contributed by atoms with Gasteiger partial charge >= 0.3 is 0 Å². The number of aromatic hydroxyl groups is 2. The number of hydrogen-bond donors (Lipinski definition) is 4. The molecule has 2 fully saturated rings. The third-order valence-electron chi connectivity index (χ3n) is 8.36. The van der Waals surface area contributed by atoms with E-state index in [0.29, 0.717) is 47.2 Å². The standard InChI is InChI=1S/C34H44F2N4O4/c35-29-21-31(37-23-25-7-9-27(19-33(25)41)43-17-15-39-11-3-1-4-12-39)32(22-30(29)36)38-24-26-8-10-28(20-34(26)42)44-18-16-40-13-5-2-6-14-40/h7-10,19-22,37-38,41-42H,1-6,11-18,23-24H2. The van der Waals surface area contributed by atoms with E-state index in [0.717, 1.165) is 51.4 Å². The molecule has 0 amide bonds. The fraction of sp³-hybridized carbons (Fsp3) is 0.471. The van der Waals surface area contributed by atoms with Crippen molar-refractivity contribution >= 4 is 11.4 Å². The van der Waals surface area contributed by atoms with Crippen LogP contribution in [0.4, 0.5) is 20.2 Å². The molecule has 2 aliphatic heterocycles. The van der Waals surface area contributed by atoms with Gasteiger partial charge in [-0.3, -0.25) is 9.80 Å². The summed E-state index contributed by atoms with van der Waals surface area (Å²) in [6.07, 6.45) is 7.47. The van der Waals surface area contributed by atoms with Crippen molar-refractivity contribution in [1.29, 1.82) is 0 Å². The molecule has 3 aromatic rings. The van der Waals surface area contributed by atoms with Gasteiger partial charge in [-0.05, 0) is 76.1 Å². The van der Waals surface area contributed by atoms with Crippen LogP contribution in [0, 0.1) is 11.6 Å². The van der Waals surface area contributed by atoms with Gasteiger partial charge in [-0.1, -0.05) is 12.8 Å². The molecule has 2 aliphatic rings. The van der Waals surface area contributed by atoms with Crippen molar-refractivity contribution in [2.45, 2.75) is 51.6 Å². The molecule has 238 valence electrons. The van der Waals surface area contributed by atoms with E-state index < -0.39 is 11.6 Å². The quantitative estimate of drug-likeness (QED) is 0.169. The van der Waals surface area contributed by atoms with Crippen molar-refractivity contribution in [3.63, 3.8) is 0 Å². The summed E-state index contributed by atoms with van der Waals surface area (Å²) in [4.78, 5) is 4.77. The smallest absolute Gasteiger partial charge is 0.161 e. The predicted molar refractivity (Wildman–Crippen MR) is 169 cm³/mol. The zero-order chi connectivity index (χ0) is 30.7. The van der Waals surface area contributed by atoms with Crippen LogP contribution in [0.1, 0.15) is 49.7 Å². The van der Waals surface area contributed by atoms with E-state index in [9.17, 15) is 19.0 Å². The van der Waals surface area contributed by atoms with E-state index in [1.807, 2.05) is 0 Å². The van der Waals surface area contributed by atoms with Gasteiger partial charge in [0.15, 0.2) is 11.6 Å². The fourth-order valence-electron chi connectivity index (χ4n) is 5.74. The molecule has 44 heavy (non-hydrogen) atoms. The van der Waals surface area contributed by atoms with Gasteiger partial charge in [-0.25, -0.2) is 8.78 Å². The van der Waals surface area contributed by atoms with E-state index in [4.69, 9.17) is 9.47 Å². The van der Waals surface area contributed by atoms with Crippen LogP contribution in [-0.4, -0.2) is 72.5 Å².